The van der Waals surface area contributed by atoms with Gasteiger partial charge < -0.3 is 4.90 Å². The maximum Gasteiger partial charge on any atom is 0.0444 e. The van der Waals surface area contributed by atoms with E-state index in [1.165, 1.54) is 30.5 Å². The summed E-state index contributed by atoms with van der Waals surface area (Å²) in [4.78, 5) is 2.53. The van der Waals surface area contributed by atoms with E-state index >= 15 is 0 Å². The molecule has 0 saturated carbocycles. The molecule has 3 atom stereocenters. The van der Waals surface area contributed by atoms with Crippen molar-refractivity contribution in [3.8, 4) is 0 Å². The van der Waals surface area contributed by atoms with E-state index < -0.39 is 0 Å². The predicted octanol–water partition coefficient (Wildman–Crippen LogP) is 5.09. The molecule has 0 bridgehead atoms. The number of likely N-dealkylation sites (N-methyl/N-ethyl adjacent to an activating group) is 1. The van der Waals surface area contributed by atoms with Crippen molar-refractivity contribution in [3.05, 3.63) is 70.2 Å². The SMILES string of the molecule is CN1CC[C@@H]2c3ccccc3[C@H](c3ccccc3Cl)C[C@H]21.Cl. The van der Waals surface area contributed by atoms with Gasteiger partial charge in [0, 0.05) is 22.9 Å². The number of rotatable bonds is 1. The van der Waals surface area contributed by atoms with Crippen LogP contribution in [-0.2, 0) is 0 Å². The number of halogens is 2. The normalized spacial score (nSPS) is 26.9. The number of nitrogens with zero attached hydrogens (tertiary/aromatic N) is 1. The summed E-state index contributed by atoms with van der Waals surface area (Å²) in [6, 6.07) is 18.0. The molecule has 0 aromatic heterocycles. The highest BCUT2D eigenvalue weighted by molar-refractivity contribution is 6.31. The summed E-state index contributed by atoms with van der Waals surface area (Å²) < 4.78 is 0. The summed E-state index contributed by atoms with van der Waals surface area (Å²) in [5, 5.41) is 0.899. The quantitative estimate of drug-likeness (QED) is 0.702. The molecular weight excluding hydrogens is 313 g/mol. The van der Waals surface area contributed by atoms with Crippen molar-refractivity contribution >= 4 is 24.0 Å². The molecule has 1 fully saturated rings. The molecule has 0 unspecified atom stereocenters. The largest absolute Gasteiger partial charge is 0.303 e. The smallest absolute Gasteiger partial charge is 0.0444 e. The first-order chi connectivity index (χ1) is 10.3. The van der Waals surface area contributed by atoms with Crippen molar-refractivity contribution in [2.45, 2.75) is 30.7 Å². The van der Waals surface area contributed by atoms with Crippen molar-refractivity contribution in [2.24, 2.45) is 0 Å². The molecule has 1 heterocycles. The first-order valence-electron chi connectivity index (χ1n) is 7.79. The van der Waals surface area contributed by atoms with Crippen LogP contribution in [0.5, 0.6) is 0 Å². The average molecular weight is 334 g/mol. The van der Waals surface area contributed by atoms with Crippen LogP contribution in [0.15, 0.2) is 48.5 Å². The maximum absolute atomic E-state index is 6.49. The van der Waals surface area contributed by atoms with Gasteiger partial charge in [-0.15, -0.1) is 12.4 Å². The first-order valence-corrected chi connectivity index (χ1v) is 8.17. The van der Waals surface area contributed by atoms with Crippen molar-refractivity contribution in [3.63, 3.8) is 0 Å². The maximum atomic E-state index is 6.49. The minimum Gasteiger partial charge on any atom is -0.303 e. The van der Waals surface area contributed by atoms with Crippen LogP contribution in [0.4, 0.5) is 0 Å². The van der Waals surface area contributed by atoms with E-state index in [2.05, 4.69) is 48.3 Å². The van der Waals surface area contributed by atoms with Crippen LogP contribution in [0.2, 0.25) is 5.02 Å². The molecule has 1 aliphatic heterocycles. The van der Waals surface area contributed by atoms with Gasteiger partial charge in [0.25, 0.3) is 0 Å². The van der Waals surface area contributed by atoms with Crippen LogP contribution >= 0.6 is 24.0 Å². The van der Waals surface area contributed by atoms with Gasteiger partial charge in [0.1, 0.15) is 0 Å². The molecule has 2 aromatic carbocycles. The Hall–Kier alpha value is -1.02. The van der Waals surface area contributed by atoms with E-state index in [1.54, 1.807) is 5.56 Å². The fraction of sp³-hybridized carbons (Fsp3) is 0.368. The van der Waals surface area contributed by atoms with Gasteiger partial charge in [-0.1, -0.05) is 54.1 Å². The standard InChI is InChI=1S/C19H20ClN.ClH/c1-21-11-10-16-13-6-2-3-7-14(13)17(12-19(16)21)15-8-4-5-9-18(15)20;/h2-9,16-17,19H,10-12H2,1H3;1H/t16-,17-,19-;/m1./s1. The summed E-state index contributed by atoms with van der Waals surface area (Å²) in [5.41, 5.74) is 4.32. The average Bonchev–Trinajstić information content (AvgIpc) is 2.89. The van der Waals surface area contributed by atoms with Gasteiger partial charge in [-0.3, -0.25) is 0 Å². The third-order valence-corrected chi connectivity index (χ3v) is 5.70. The predicted molar refractivity (Wildman–Crippen MR) is 95.4 cm³/mol. The number of fused-ring (bicyclic) bond motifs is 3. The molecule has 1 aliphatic carbocycles. The fourth-order valence-corrected chi connectivity index (χ4v) is 4.57. The Balaban J connectivity index is 0.00000144. The number of hydrogen-bond acceptors (Lipinski definition) is 1. The zero-order valence-corrected chi connectivity index (χ0v) is 14.3. The van der Waals surface area contributed by atoms with Crippen LogP contribution in [0.25, 0.3) is 0 Å². The van der Waals surface area contributed by atoms with E-state index in [9.17, 15) is 0 Å². The molecule has 2 aliphatic rings. The molecule has 1 saturated heterocycles. The van der Waals surface area contributed by atoms with Crippen molar-refractivity contribution < 1.29 is 0 Å². The van der Waals surface area contributed by atoms with Gasteiger partial charge in [0.15, 0.2) is 0 Å². The van der Waals surface area contributed by atoms with Crippen LogP contribution < -0.4 is 0 Å². The van der Waals surface area contributed by atoms with Gasteiger partial charge in [-0.25, -0.2) is 0 Å². The van der Waals surface area contributed by atoms with Gasteiger partial charge >= 0.3 is 0 Å². The monoisotopic (exact) mass is 333 g/mol. The van der Waals surface area contributed by atoms with E-state index in [4.69, 9.17) is 11.6 Å². The van der Waals surface area contributed by atoms with Crippen molar-refractivity contribution in [1.29, 1.82) is 0 Å². The third-order valence-electron chi connectivity index (χ3n) is 5.35. The lowest BCUT2D eigenvalue weighted by molar-refractivity contribution is 0.265. The van der Waals surface area contributed by atoms with E-state index in [0.29, 0.717) is 17.9 Å². The second kappa shape index (κ2) is 6.23. The molecule has 0 amide bonds. The molecule has 0 N–H and O–H groups in total. The van der Waals surface area contributed by atoms with Gasteiger partial charge in [-0.05, 0) is 49.2 Å². The summed E-state index contributed by atoms with van der Waals surface area (Å²) in [7, 11) is 2.27. The Labute approximate surface area is 143 Å². The summed E-state index contributed by atoms with van der Waals surface area (Å²) in [5.74, 6) is 1.13. The Kier molecular flexibility index (Phi) is 4.49. The zero-order chi connectivity index (χ0) is 14.4. The molecule has 3 heteroatoms. The van der Waals surface area contributed by atoms with Crippen molar-refractivity contribution in [1.82, 2.24) is 4.90 Å². The highest BCUT2D eigenvalue weighted by atomic mass is 35.5. The van der Waals surface area contributed by atoms with Gasteiger partial charge in [0.05, 0.1) is 0 Å². The minimum absolute atomic E-state index is 0. The Bertz CT molecular complexity index is 670. The second-order valence-corrected chi connectivity index (χ2v) is 6.79. The molecule has 1 nitrogen and oxygen atoms in total. The topological polar surface area (TPSA) is 3.24 Å². The minimum atomic E-state index is 0. The van der Waals surface area contributed by atoms with Crippen molar-refractivity contribution in [2.75, 3.05) is 13.6 Å². The van der Waals surface area contributed by atoms with Crippen LogP contribution in [0.1, 0.15) is 41.4 Å². The number of hydrogen-bond donors (Lipinski definition) is 0. The second-order valence-electron chi connectivity index (χ2n) is 6.38. The van der Waals surface area contributed by atoms with Gasteiger partial charge in [-0.2, -0.15) is 0 Å². The highest BCUT2D eigenvalue weighted by Crippen LogP contribution is 2.48. The van der Waals surface area contributed by atoms with Crippen LogP contribution in [0.3, 0.4) is 0 Å². The molecule has 0 spiro atoms. The summed E-state index contributed by atoms with van der Waals surface area (Å²) in [6.45, 7) is 1.21. The first kappa shape index (κ1) is 15.9. The molecule has 116 valence electrons. The zero-order valence-electron chi connectivity index (χ0n) is 12.7. The van der Waals surface area contributed by atoms with E-state index in [-0.39, 0.29) is 12.4 Å². The van der Waals surface area contributed by atoms with E-state index in [0.717, 1.165) is 5.02 Å². The number of likely N-dealkylation sites (tertiary alicyclic amines) is 1. The van der Waals surface area contributed by atoms with E-state index in [1.807, 2.05) is 12.1 Å². The van der Waals surface area contributed by atoms with Crippen LogP contribution in [0, 0.1) is 0 Å². The molecule has 0 radical (unpaired) electrons. The molecule has 4 rings (SSSR count). The molecular formula is C19H21Cl2N. The lowest BCUT2D eigenvalue weighted by Gasteiger charge is -2.37. The fourth-order valence-electron chi connectivity index (χ4n) is 4.30. The highest BCUT2D eigenvalue weighted by Gasteiger charge is 2.41. The third kappa shape index (κ3) is 2.46. The molecule has 2 aromatic rings. The molecule has 22 heavy (non-hydrogen) atoms. The lowest BCUT2D eigenvalue weighted by atomic mass is 9.71. The Morgan fingerprint density at radius 1 is 0.955 bits per heavy atom. The summed E-state index contributed by atoms with van der Waals surface area (Å²) >= 11 is 6.49. The van der Waals surface area contributed by atoms with Gasteiger partial charge in [0.2, 0.25) is 0 Å². The summed E-state index contributed by atoms with van der Waals surface area (Å²) in [6.07, 6.45) is 2.47. The Morgan fingerprint density at radius 3 is 2.32 bits per heavy atom. The Morgan fingerprint density at radius 2 is 1.59 bits per heavy atom. The number of benzene rings is 2. The lowest BCUT2D eigenvalue weighted by Crippen LogP contribution is -2.34. The van der Waals surface area contributed by atoms with Crippen LogP contribution in [-0.4, -0.2) is 24.5 Å².